The average molecular weight is 1050 g/mol. The fourth-order valence-corrected chi connectivity index (χ4v) is 8.02. The SMILES string of the molecule is CN=C(N)NCCC[C@H](NC(=O)[C@H](CC(C)C)NC(=O)NNC(=O)[C@H](Cc1ccccc1)NC(=O)[C@@H](NC(=O)[C@H](CC(N)=O)NC(=O)[C@@H](C)Cc1c[nH]c2ccccc12)C(C)O)C(=O)N[C@@H](Cc1ccccc1)C(N)=O. The van der Waals surface area contributed by atoms with Gasteiger partial charge in [-0.2, -0.15) is 0 Å². The molecule has 0 bridgehead atoms. The molecule has 0 aliphatic carbocycles. The van der Waals surface area contributed by atoms with Gasteiger partial charge in [0, 0.05) is 49.5 Å². The molecule has 4 aromatic rings. The summed E-state index contributed by atoms with van der Waals surface area (Å²) in [6, 6.07) is 15.4. The second kappa shape index (κ2) is 30.0. The predicted molar refractivity (Wildman–Crippen MR) is 284 cm³/mol. The summed E-state index contributed by atoms with van der Waals surface area (Å²) >= 11 is 0. The minimum Gasteiger partial charge on any atom is -0.391 e. The van der Waals surface area contributed by atoms with Crippen molar-refractivity contribution in [3.05, 3.63) is 108 Å². The number of carbonyl (C=O) groups excluding carboxylic acids is 9. The van der Waals surface area contributed by atoms with Crippen LogP contribution < -0.4 is 65.3 Å². The highest BCUT2D eigenvalue weighted by atomic mass is 16.3. The number of guanidine groups is 1. The van der Waals surface area contributed by atoms with Crippen LogP contribution in [0.2, 0.25) is 0 Å². The van der Waals surface area contributed by atoms with Gasteiger partial charge < -0.3 is 64.5 Å². The highest BCUT2D eigenvalue weighted by Crippen LogP contribution is 2.21. The van der Waals surface area contributed by atoms with E-state index in [4.69, 9.17) is 17.2 Å². The van der Waals surface area contributed by atoms with Crippen LogP contribution >= 0.6 is 0 Å². The maximum Gasteiger partial charge on any atom is 0.334 e. The number of aliphatic hydroxyl groups is 1. The summed E-state index contributed by atoms with van der Waals surface area (Å²) in [7, 11) is 1.49. The molecule has 17 N–H and O–H groups in total. The number of aromatic amines is 1. The molecule has 0 spiro atoms. The van der Waals surface area contributed by atoms with Gasteiger partial charge in [0.1, 0.15) is 36.3 Å². The third kappa shape index (κ3) is 19.7. The first-order chi connectivity index (χ1) is 36.1. The standard InChI is InChI=1S/C52H72N14O10/c1-29(2)23-39(47(72)59-37(21-14-22-57-51(55)56-5)46(71)60-38(44(54)69)25-32-15-8-6-9-16-32)63-52(76)66-65-49(74)40(26-33-17-10-7-11-18-33)62-50(75)43(31(4)67)64-48(73)41(27-42(53)68)61-45(70)30(3)24-34-28-58-36-20-13-12-19-35(34)36/h6-13,15-20,28-31,37-41,43,58,67H,14,21-27H2,1-5H3,(H2,53,68)(H2,54,69)(H,59,72)(H,60,71)(H,61,70)(H,62,75)(H,64,73)(H,65,74)(H3,55,56,57)(H2,63,66,76)/t30-,31?,37-,38-,39-,40-,41-,43-/m0/s1. The number of primary amides is 2. The van der Waals surface area contributed by atoms with Crippen LogP contribution in [0.15, 0.2) is 96.1 Å². The number of amides is 10. The monoisotopic (exact) mass is 1050 g/mol. The number of nitrogens with two attached hydrogens (primary N) is 3. The van der Waals surface area contributed by atoms with Gasteiger partial charge in [0.25, 0.3) is 5.91 Å². The number of para-hydroxylation sites is 1. The largest absolute Gasteiger partial charge is 0.391 e. The van der Waals surface area contributed by atoms with Crippen molar-refractivity contribution in [1.29, 1.82) is 0 Å². The first kappa shape index (κ1) is 60.0. The number of nitrogens with one attached hydrogen (secondary N) is 10. The quantitative estimate of drug-likeness (QED) is 0.0142. The molecule has 76 heavy (non-hydrogen) atoms. The molecule has 0 fully saturated rings. The summed E-state index contributed by atoms with van der Waals surface area (Å²) < 4.78 is 0. The average Bonchev–Trinajstić information content (AvgIpc) is 3.79. The van der Waals surface area contributed by atoms with Crippen LogP contribution in [0.4, 0.5) is 4.79 Å². The van der Waals surface area contributed by atoms with Crippen molar-refractivity contribution >= 4 is 70.2 Å². The lowest BCUT2D eigenvalue weighted by Gasteiger charge is -2.27. The predicted octanol–water partition coefficient (Wildman–Crippen LogP) is -0.943. The molecule has 0 aliphatic rings. The number of hydrazine groups is 1. The van der Waals surface area contributed by atoms with E-state index in [1.165, 1.54) is 14.0 Å². The Morgan fingerprint density at radius 2 is 1.14 bits per heavy atom. The van der Waals surface area contributed by atoms with E-state index in [0.717, 1.165) is 22.0 Å². The first-order valence-corrected chi connectivity index (χ1v) is 24.9. The van der Waals surface area contributed by atoms with E-state index in [0.29, 0.717) is 12.0 Å². The molecule has 8 atom stereocenters. The van der Waals surface area contributed by atoms with Gasteiger partial charge in [-0.15, -0.1) is 0 Å². The molecule has 1 heterocycles. The van der Waals surface area contributed by atoms with E-state index >= 15 is 0 Å². The van der Waals surface area contributed by atoms with Crippen molar-refractivity contribution in [2.24, 2.45) is 34.0 Å². The van der Waals surface area contributed by atoms with E-state index < -0.39 is 108 Å². The fourth-order valence-electron chi connectivity index (χ4n) is 8.02. The lowest BCUT2D eigenvalue weighted by Crippen LogP contribution is -2.62. The van der Waals surface area contributed by atoms with Gasteiger partial charge >= 0.3 is 6.03 Å². The van der Waals surface area contributed by atoms with E-state index in [-0.39, 0.29) is 50.5 Å². The molecular formula is C52H72N14O10. The molecule has 410 valence electrons. The summed E-state index contributed by atoms with van der Waals surface area (Å²) in [4.78, 5) is 128. The van der Waals surface area contributed by atoms with Crippen LogP contribution in [-0.2, 0) is 57.6 Å². The number of aliphatic imine (C=N–C) groups is 1. The van der Waals surface area contributed by atoms with E-state index in [2.05, 4.69) is 58.0 Å². The summed E-state index contributed by atoms with van der Waals surface area (Å²) in [5.74, 6) is -7.56. The second-order valence-corrected chi connectivity index (χ2v) is 18.8. The number of hydrogen-bond donors (Lipinski definition) is 14. The fraction of sp³-hybridized carbons (Fsp3) is 0.423. The van der Waals surface area contributed by atoms with Crippen LogP contribution in [0.3, 0.4) is 0 Å². The zero-order chi connectivity index (χ0) is 55.9. The Kier molecular flexibility index (Phi) is 23.7. The van der Waals surface area contributed by atoms with Crippen LogP contribution in [0.5, 0.6) is 0 Å². The van der Waals surface area contributed by atoms with Gasteiger partial charge in [0.15, 0.2) is 5.96 Å². The Bertz CT molecular complexity index is 2650. The van der Waals surface area contributed by atoms with E-state index in [1.807, 2.05) is 24.3 Å². The Hall–Kier alpha value is -8.54. The third-order valence-electron chi connectivity index (χ3n) is 12.1. The Morgan fingerprint density at radius 1 is 0.592 bits per heavy atom. The van der Waals surface area contributed by atoms with E-state index in [1.54, 1.807) is 87.6 Å². The lowest BCUT2D eigenvalue weighted by molar-refractivity contribution is -0.137. The van der Waals surface area contributed by atoms with Crippen molar-refractivity contribution < 1.29 is 48.3 Å². The molecular weight excluding hydrogens is 981 g/mol. The second-order valence-electron chi connectivity index (χ2n) is 18.8. The van der Waals surface area contributed by atoms with Crippen molar-refractivity contribution in [2.75, 3.05) is 13.6 Å². The number of benzene rings is 3. The minimum absolute atomic E-state index is 0.0556. The topological polar surface area (TPSA) is 388 Å². The van der Waals surface area contributed by atoms with Crippen molar-refractivity contribution in [2.45, 2.75) is 115 Å². The number of H-pyrrole nitrogens is 1. The zero-order valence-electron chi connectivity index (χ0n) is 43.3. The molecule has 0 radical (unpaired) electrons. The molecule has 1 unspecified atom stereocenters. The highest BCUT2D eigenvalue weighted by Gasteiger charge is 2.35. The van der Waals surface area contributed by atoms with Crippen molar-refractivity contribution in [3.8, 4) is 0 Å². The maximum absolute atomic E-state index is 14.0. The van der Waals surface area contributed by atoms with Gasteiger partial charge in [0.05, 0.1) is 12.5 Å². The van der Waals surface area contributed by atoms with Crippen LogP contribution in [0.1, 0.15) is 70.1 Å². The molecule has 0 saturated heterocycles. The van der Waals surface area contributed by atoms with Gasteiger partial charge in [-0.05, 0) is 61.3 Å². The van der Waals surface area contributed by atoms with Gasteiger partial charge in [-0.3, -0.25) is 48.8 Å². The smallest absolute Gasteiger partial charge is 0.334 e. The van der Waals surface area contributed by atoms with Crippen molar-refractivity contribution in [1.82, 2.24) is 53.1 Å². The van der Waals surface area contributed by atoms with Gasteiger partial charge in [-0.25, -0.2) is 10.2 Å². The molecule has 0 saturated carbocycles. The van der Waals surface area contributed by atoms with Gasteiger partial charge in [-0.1, -0.05) is 99.6 Å². The number of aromatic nitrogens is 1. The number of hydrogen-bond acceptors (Lipinski definition) is 11. The summed E-state index contributed by atoms with van der Waals surface area (Å²) in [5, 5.41) is 29.8. The maximum atomic E-state index is 14.0. The van der Waals surface area contributed by atoms with E-state index in [9.17, 15) is 48.3 Å². The zero-order valence-corrected chi connectivity index (χ0v) is 43.3. The third-order valence-corrected chi connectivity index (χ3v) is 12.1. The normalized spacial score (nSPS) is 14.5. The van der Waals surface area contributed by atoms with Gasteiger partial charge in [0.2, 0.25) is 41.4 Å². The van der Waals surface area contributed by atoms with Crippen LogP contribution in [0, 0.1) is 11.8 Å². The molecule has 4 rings (SSSR count). The number of rotatable bonds is 28. The van der Waals surface area contributed by atoms with Crippen LogP contribution in [0.25, 0.3) is 10.9 Å². The lowest BCUT2D eigenvalue weighted by atomic mass is 9.99. The number of nitrogens with zero attached hydrogens (tertiary/aromatic N) is 1. The molecule has 10 amide bonds. The molecule has 0 aliphatic heterocycles. The Morgan fingerprint density at radius 3 is 1.74 bits per heavy atom. The molecule has 24 heteroatoms. The Labute approximate surface area is 440 Å². The summed E-state index contributed by atoms with van der Waals surface area (Å²) in [5.41, 5.74) is 24.3. The number of fused-ring (bicyclic) bond motifs is 1. The summed E-state index contributed by atoms with van der Waals surface area (Å²) in [6.07, 6.45) is 0.165. The number of carbonyl (C=O) groups is 9. The summed E-state index contributed by atoms with van der Waals surface area (Å²) in [6.45, 7) is 6.69. The molecule has 1 aromatic heterocycles. The van der Waals surface area contributed by atoms with Crippen LogP contribution in [-0.4, -0.2) is 125 Å². The molecule has 3 aromatic carbocycles. The number of urea groups is 1. The minimum atomic E-state index is -1.74. The Balaban J connectivity index is 1.45. The number of aliphatic hydroxyl groups excluding tert-OH is 1. The molecule has 24 nitrogen and oxygen atoms in total. The highest BCUT2D eigenvalue weighted by molar-refractivity contribution is 5.98. The van der Waals surface area contributed by atoms with Crippen molar-refractivity contribution in [3.63, 3.8) is 0 Å². The first-order valence-electron chi connectivity index (χ1n) is 24.9.